The fraction of sp³-hybridized carbons (Fsp3) is 0.304. The maximum atomic E-state index is 13.2. The average molecular weight is 434 g/mol. The van der Waals surface area contributed by atoms with E-state index < -0.39 is 17.5 Å². The van der Waals surface area contributed by atoms with Crippen LogP contribution in [0.1, 0.15) is 42.0 Å². The van der Waals surface area contributed by atoms with Crippen LogP contribution < -0.4 is 17.0 Å². The Morgan fingerprint density at radius 2 is 2.09 bits per heavy atom. The molecule has 0 saturated heterocycles. The van der Waals surface area contributed by atoms with Crippen LogP contribution in [0.4, 0.5) is 5.69 Å². The van der Waals surface area contributed by atoms with Crippen LogP contribution in [0.2, 0.25) is 0 Å². The molecule has 32 heavy (non-hydrogen) atoms. The minimum atomic E-state index is -1.88. The fourth-order valence-corrected chi connectivity index (χ4v) is 4.60. The average Bonchev–Trinajstić information content (AvgIpc) is 3.13. The second-order valence-corrected chi connectivity index (χ2v) is 8.28. The van der Waals surface area contributed by atoms with Crippen molar-refractivity contribution in [2.75, 3.05) is 5.73 Å². The molecule has 0 radical (unpaired) electrons. The van der Waals surface area contributed by atoms with E-state index in [-0.39, 0.29) is 36.1 Å². The van der Waals surface area contributed by atoms with Crippen molar-refractivity contribution in [2.24, 2.45) is 5.73 Å². The highest BCUT2D eigenvalue weighted by Crippen LogP contribution is 2.39. The van der Waals surface area contributed by atoms with Gasteiger partial charge in [-0.3, -0.25) is 9.59 Å². The molecule has 3 aromatic rings. The van der Waals surface area contributed by atoms with Crippen molar-refractivity contribution in [3.63, 3.8) is 0 Å². The number of esters is 1. The van der Waals surface area contributed by atoms with Crippen LogP contribution in [0, 0.1) is 0 Å². The lowest BCUT2D eigenvalue weighted by atomic mass is 9.86. The standard InChI is InChI=1S/C23H22N4O5/c1-2-23(31)15-8-17-20-12(9-27(17)21(29)14(15)10-32-22(23)30)7-13-16(24)5-3-11(19(13)26-20)4-6-18(25)28/h3,5,7-8,31H,2,4,6,9-10,24H2,1H3,(H2,25,28)/t23-/m0/s1. The highest BCUT2D eigenvalue weighted by Gasteiger charge is 2.45. The lowest BCUT2D eigenvalue weighted by Crippen LogP contribution is -2.44. The highest BCUT2D eigenvalue weighted by atomic mass is 16.6. The third-order valence-corrected chi connectivity index (χ3v) is 6.44. The molecule has 2 aliphatic heterocycles. The largest absolute Gasteiger partial charge is 0.458 e. The summed E-state index contributed by atoms with van der Waals surface area (Å²) in [6.45, 7) is 1.78. The van der Waals surface area contributed by atoms with Gasteiger partial charge in [0.1, 0.15) is 6.61 Å². The van der Waals surface area contributed by atoms with Gasteiger partial charge >= 0.3 is 5.97 Å². The van der Waals surface area contributed by atoms with E-state index in [0.717, 1.165) is 16.5 Å². The SMILES string of the molecule is CC[C@@]1(O)C(=O)OCc2c1cc1n(c2=O)Cc2cc3c(N)ccc(CCC(N)=O)c3nc2-1. The molecule has 9 heteroatoms. The van der Waals surface area contributed by atoms with Crippen molar-refractivity contribution in [2.45, 2.75) is 44.9 Å². The molecule has 5 N–H and O–H groups in total. The number of nitrogens with zero attached hydrogens (tertiary/aromatic N) is 2. The number of cyclic esters (lactones) is 1. The number of aliphatic hydroxyl groups is 1. The Morgan fingerprint density at radius 3 is 2.81 bits per heavy atom. The van der Waals surface area contributed by atoms with Crippen molar-refractivity contribution in [3.05, 3.63) is 56.9 Å². The topological polar surface area (TPSA) is 151 Å². The van der Waals surface area contributed by atoms with E-state index in [1.165, 1.54) is 0 Å². The Morgan fingerprint density at radius 1 is 1.31 bits per heavy atom. The van der Waals surface area contributed by atoms with Gasteiger partial charge in [0.05, 0.1) is 29.0 Å². The number of aromatic nitrogens is 2. The number of carbonyl (C=O) groups is 2. The van der Waals surface area contributed by atoms with E-state index in [1.54, 1.807) is 23.6 Å². The summed E-state index contributed by atoms with van der Waals surface area (Å²) in [7, 11) is 0. The summed E-state index contributed by atoms with van der Waals surface area (Å²) in [5, 5.41) is 11.7. The zero-order valence-electron chi connectivity index (χ0n) is 17.5. The monoisotopic (exact) mass is 434 g/mol. The summed E-state index contributed by atoms with van der Waals surface area (Å²) < 4.78 is 6.67. The zero-order valence-corrected chi connectivity index (χ0v) is 17.5. The van der Waals surface area contributed by atoms with Gasteiger partial charge in [0.2, 0.25) is 5.91 Å². The van der Waals surface area contributed by atoms with Crippen molar-refractivity contribution in [3.8, 4) is 11.4 Å². The van der Waals surface area contributed by atoms with E-state index in [1.807, 2.05) is 12.1 Å². The molecule has 0 saturated carbocycles. The van der Waals surface area contributed by atoms with Gasteiger partial charge in [-0.05, 0) is 36.6 Å². The maximum absolute atomic E-state index is 13.2. The molecule has 9 nitrogen and oxygen atoms in total. The number of nitrogens with two attached hydrogens (primary N) is 2. The van der Waals surface area contributed by atoms with Crippen molar-refractivity contribution in [1.29, 1.82) is 0 Å². The number of rotatable bonds is 4. The summed E-state index contributed by atoms with van der Waals surface area (Å²) in [5.74, 6) is -1.17. The molecule has 1 amide bonds. The number of hydrogen-bond donors (Lipinski definition) is 3. The number of ether oxygens (including phenoxy) is 1. The van der Waals surface area contributed by atoms with Gasteiger partial charge in [-0.15, -0.1) is 0 Å². The number of nitrogen functional groups attached to an aromatic ring is 1. The summed E-state index contributed by atoms with van der Waals surface area (Å²) >= 11 is 0. The number of anilines is 1. The predicted molar refractivity (Wildman–Crippen MR) is 116 cm³/mol. The van der Waals surface area contributed by atoms with Gasteiger partial charge in [-0.2, -0.15) is 0 Å². The van der Waals surface area contributed by atoms with Gasteiger partial charge in [0.15, 0.2) is 5.60 Å². The molecule has 4 heterocycles. The zero-order chi connectivity index (χ0) is 22.8. The van der Waals surface area contributed by atoms with Crippen molar-refractivity contribution in [1.82, 2.24) is 9.55 Å². The van der Waals surface area contributed by atoms with E-state index in [4.69, 9.17) is 21.2 Å². The summed E-state index contributed by atoms with van der Waals surface area (Å²) in [6.07, 6.45) is 0.664. The maximum Gasteiger partial charge on any atom is 0.343 e. The predicted octanol–water partition coefficient (Wildman–Crippen LogP) is 1.08. The van der Waals surface area contributed by atoms with E-state index in [0.29, 0.717) is 35.6 Å². The molecule has 2 aliphatic rings. The van der Waals surface area contributed by atoms with Crippen LogP contribution in [-0.4, -0.2) is 26.5 Å². The first-order valence-corrected chi connectivity index (χ1v) is 10.4. The highest BCUT2D eigenvalue weighted by molar-refractivity contribution is 5.95. The number of fused-ring (bicyclic) bond motifs is 5. The number of amides is 1. The minimum absolute atomic E-state index is 0.0769. The lowest BCUT2D eigenvalue weighted by molar-refractivity contribution is -0.172. The normalized spacial score (nSPS) is 18.8. The van der Waals surface area contributed by atoms with E-state index in [2.05, 4.69) is 0 Å². The minimum Gasteiger partial charge on any atom is -0.458 e. The lowest BCUT2D eigenvalue weighted by Gasteiger charge is -2.31. The Hall–Kier alpha value is -3.72. The Kier molecular flexibility index (Phi) is 4.35. The molecular weight excluding hydrogens is 412 g/mol. The van der Waals surface area contributed by atoms with Gasteiger partial charge in [-0.25, -0.2) is 9.78 Å². The number of hydrogen-bond acceptors (Lipinski definition) is 7. The van der Waals surface area contributed by atoms with Gasteiger partial charge in [-0.1, -0.05) is 13.0 Å². The number of pyridine rings is 2. The first kappa shape index (κ1) is 20.2. The molecule has 0 bridgehead atoms. The van der Waals surface area contributed by atoms with Gasteiger partial charge in [0.25, 0.3) is 5.56 Å². The van der Waals surface area contributed by atoms with E-state index in [9.17, 15) is 19.5 Å². The second-order valence-electron chi connectivity index (χ2n) is 8.28. The Balaban J connectivity index is 1.74. The number of carbonyl (C=O) groups excluding carboxylic acids is 2. The number of aryl methyl sites for hydroxylation is 1. The van der Waals surface area contributed by atoms with Crippen molar-refractivity contribution < 1.29 is 19.4 Å². The van der Waals surface area contributed by atoms with Crippen LogP contribution in [0.15, 0.2) is 29.1 Å². The van der Waals surface area contributed by atoms with Crippen LogP contribution >= 0.6 is 0 Å². The molecule has 164 valence electrons. The molecule has 1 aromatic carbocycles. The smallest absolute Gasteiger partial charge is 0.343 e. The summed E-state index contributed by atoms with van der Waals surface area (Å²) in [5.41, 5.74) is 13.8. The van der Waals surface area contributed by atoms with Crippen molar-refractivity contribution >= 4 is 28.5 Å². The first-order chi connectivity index (χ1) is 15.2. The van der Waals surface area contributed by atoms with Crippen LogP contribution in [-0.2, 0) is 39.5 Å². The van der Waals surface area contributed by atoms with E-state index >= 15 is 0 Å². The second kappa shape index (κ2) is 6.89. The van der Waals surface area contributed by atoms with Gasteiger partial charge in [0, 0.05) is 28.6 Å². The summed E-state index contributed by atoms with van der Waals surface area (Å²) in [6, 6.07) is 7.16. The number of primary amides is 1. The molecule has 0 aliphatic carbocycles. The first-order valence-electron chi connectivity index (χ1n) is 10.4. The van der Waals surface area contributed by atoms with Gasteiger partial charge < -0.3 is 25.9 Å². The molecule has 0 fully saturated rings. The van der Waals surface area contributed by atoms with Crippen LogP contribution in [0.3, 0.4) is 0 Å². The number of benzene rings is 1. The fourth-order valence-electron chi connectivity index (χ4n) is 4.60. The third-order valence-electron chi connectivity index (χ3n) is 6.44. The Labute approximate surface area is 182 Å². The molecular formula is C23H22N4O5. The molecule has 5 rings (SSSR count). The Bertz CT molecular complexity index is 1390. The molecule has 0 spiro atoms. The third kappa shape index (κ3) is 2.74. The summed E-state index contributed by atoms with van der Waals surface area (Å²) in [4.78, 5) is 41.7. The van der Waals surface area contributed by atoms with Crippen LogP contribution in [0.5, 0.6) is 0 Å². The molecule has 1 atom stereocenters. The quantitative estimate of drug-likeness (QED) is 0.321. The van der Waals surface area contributed by atoms with Crippen LogP contribution in [0.25, 0.3) is 22.3 Å². The molecule has 0 unspecified atom stereocenters. The molecule has 2 aromatic heterocycles.